The van der Waals surface area contributed by atoms with Gasteiger partial charge in [-0.15, -0.1) is 24.8 Å². The molecule has 1 rings (SSSR count). The Morgan fingerprint density at radius 2 is 1.48 bits per heavy atom. The average Bonchev–Trinajstić information content (AvgIpc) is 2.45. The summed E-state index contributed by atoms with van der Waals surface area (Å²) in [6.07, 6.45) is 0. The first-order chi connectivity index (χ1) is 9.31. The minimum Gasteiger partial charge on any atom is -0.395 e. The van der Waals surface area contributed by atoms with Crippen molar-refractivity contribution in [3.8, 4) is 0 Å². The molecule has 0 aliphatic rings. The van der Waals surface area contributed by atoms with Gasteiger partial charge in [-0.1, -0.05) is 12.1 Å². The molecule has 4 nitrogen and oxygen atoms in total. The minimum absolute atomic E-state index is 0. The van der Waals surface area contributed by atoms with Gasteiger partial charge < -0.3 is 20.6 Å². The summed E-state index contributed by atoms with van der Waals surface area (Å²) < 4.78 is 0. The van der Waals surface area contributed by atoms with E-state index < -0.39 is 0 Å². The highest BCUT2D eigenvalue weighted by Crippen LogP contribution is 2.14. The van der Waals surface area contributed by atoms with Gasteiger partial charge in [0.2, 0.25) is 0 Å². The van der Waals surface area contributed by atoms with Crippen LogP contribution >= 0.6 is 24.8 Å². The van der Waals surface area contributed by atoms with Crippen molar-refractivity contribution in [1.29, 1.82) is 0 Å². The zero-order chi connectivity index (χ0) is 13.9. The van der Waals surface area contributed by atoms with E-state index in [-0.39, 0.29) is 31.4 Å². The van der Waals surface area contributed by atoms with Crippen molar-refractivity contribution >= 4 is 30.5 Å². The highest BCUT2D eigenvalue weighted by Gasteiger charge is 2.00. The molecule has 0 heterocycles. The first-order valence-corrected chi connectivity index (χ1v) is 7.18. The van der Waals surface area contributed by atoms with Gasteiger partial charge in [-0.2, -0.15) is 0 Å². The molecular formula is C15H29Cl2N3O. The summed E-state index contributed by atoms with van der Waals surface area (Å²) >= 11 is 0. The Labute approximate surface area is 141 Å². The fraction of sp³-hybridized carbons (Fsp3) is 0.600. The topological polar surface area (TPSA) is 47.5 Å². The molecule has 124 valence electrons. The number of rotatable bonds is 10. The number of hydrogen-bond donors (Lipinski definition) is 3. The number of anilines is 1. The van der Waals surface area contributed by atoms with Crippen LogP contribution in [0.4, 0.5) is 5.69 Å². The van der Waals surface area contributed by atoms with Crippen LogP contribution in [0.15, 0.2) is 24.3 Å². The molecule has 0 fully saturated rings. The van der Waals surface area contributed by atoms with Crippen molar-refractivity contribution in [2.24, 2.45) is 0 Å². The fourth-order valence-corrected chi connectivity index (χ4v) is 2.03. The van der Waals surface area contributed by atoms with Gasteiger partial charge in [0.05, 0.1) is 6.61 Å². The molecule has 1 aromatic carbocycles. The molecule has 0 aromatic heterocycles. The third-order valence-electron chi connectivity index (χ3n) is 3.16. The highest BCUT2D eigenvalue weighted by molar-refractivity contribution is 5.85. The van der Waals surface area contributed by atoms with Gasteiger partial charge in [0, 0.05) is 45.0 Å². The smallest absolute Gasteiger partial charge is 0.0555 e. The molecule has 0 bridgehead atoms. The van der Waals surface area contributed by atoms with Crippen LogP contribution in [0.2, 0.25) is 0 Å². The fourth-order valence-electron chi connectivity index (χ4n) is 2.03. The van der Waals surface area contributed by atoms with E-state index in [0.29, 0.717) is 6.54 Å². The predicted octanol–water partition coefficient (Wildman–Crippen LogP) is 2.05. The Bertz CT molecular complexity index is 332. The van der Waals surface area contributed by atoms with Gasteiger partial charge in [0.15, 0.2) is 0 Å². The second kappa shape index (κ2) is 14.4. The lowest BCUT2D eigenvalue weighted by Gasteiger charge is -2.21. The Kier molecular flexibility index (Phi) is 15.6. The molecule has 0 unspecified atom stereocenters. The highest BCUT2D eigenvalue weighted by atomic mass is 35.5. The minimum atomic E-state index is 0. The summed E-state index contributed by atoms with van der Waals surface area (Å²) in [4.78, 5) is 2.34. The maximum Gasteiger partial charge on any atom is 0.0555 e. The second-order valence-corrected chi connectivity index (χ2v) is 4.49. The lowest BCUT2D eigenvalue weighted by atomic mass is 10.2. The molecule has 0 radical (unpaired) electrons. The standard InChI is InChI=1S/C15H27N3O.2ClH/c1-3-18(4-2)15-7-5-14(6-8-15)13-17-10-9-16-11-12-19;;/h5-8,16-17,19H,3-4,9-13H2,1-2H3;2*1H. The number of nitrogens with zero attached hydrogens (tertiary/aromatic N) is 1. The number of benzene rings is 1. The van der Waals surface area contributed by atoms with Crippen LogP contribution in [0.5, 0.6) is 0 Å². The van der Waals surface area contributed by atoms with E-state index in [4.69, 9.17) is 5.11 Å². The Morgan fingerprint density at radius 1 is 0.905 bits per heavy atom. The monoisotopic (exact) mass is 337 g/mol. The number of aliphatic hydroxyl groups excluding tert-OH is 1. The van der Waals surface area contributed by atoms with E-state index in [1.807, 2.05) is 0 Å². The maximum absolute atomic E-state index is 8.63. The number of halogens is 2. The van der Waals surface area contributed by atoms with Gasteiger partial charge in [0.25, 0.3) is 0 Å². The van der Waals surface area contributed by atoms with Crippen LogP contribution in [-0.4, -0.2) is 44.4 Å². The normalized spacial score (nSPS) is 9.67. The van der Waals surface area contributed by atoms with Crippen LogP contribution in [0.1, 0.15) is 19.4 Å². The lowest BCUT2D eigenvalue weighted by Crippen LogP contribution is -2.28. The van der Waals surface area contributed by atoms with E-state index >= 15 is 0 Å². The van der Waals surface area contributed by atoms with Gasteiger partial charge in [-0.3, -0.25) is 0 Å². The zero-order valence-corrected chi connectivity index (χ0v) is 14.6. The summed E-state index contributed by atoms with van der Waals surface area (Å²) in [7, 11) is 0. The maximum atomic E-state index is 8.63. The molecule has 21 heavy (non-hydrogen) atoms. The van der Waals surface area contributed by atoms with E-state index in [2.05, 4.69) is 53.6 Å². The Hall–Kier alpha value is -0.520. The van der Waals surface area contributed by atoms with Gasteiger partial charge in [-0.05, 0) is 31.5 Å². The third-order valence-corrected chi connectivity index (χ3v) is 3.16. The predicted molar refractivity (Wildman–Crippen MR) is 96.2 cm³/mol. The summed E-state index contributed by atoms with van der Waals surface area (Å²) in [5, 5.41) is 15.1. The molecule has 0 saturated heterocycles. The molecular weight excluding hydrogens is 309 g/mol. The van der Waals surface area contributed by atoms with Crippen molar-refractivity contribution < 1.29 is 5.11 Å². The van der Waals surface area contributed by atoms with Crippen molar-refractivity contribution in [2.75, 3.05) is 44.2 Å². The van der Waals surface area contributed by atoms with Gasteiger partial charge >= 0.3 is 0 Å². The molecule has 1 aromatic rings. The van der Waals surface area contributed by atoms with Crippen molar-refractivity contribution in [3.05, 3.63) is 29.8 Å². The molecule has 0 aliphatic carbocycles. The van der Waals surface area contributed by atoms with E-state index in [9.17, 15) is 0 Å². The van der Waals surface area contributed by atoms with Gasteiger partial charge in [0.1, 0.15) is 0 Å². The molecule has 0 spiro atoms. The van der Waals surface area contributed by atoms with Crippen molar-refractivity contribution in [3.63, 3.8) is 0 Å². The van der Waals surface area contributed by atoms with Crippen LogP contribution in [0.3, 0.4) is 0 Å². The third kappa shape index (κ3) is 9.17. The average molecular weight is 338 g/mol. The molecule has 0 aliphatic heterocycles. The SMILES string of the molecule is CCN(CC)c1ccc(CNCCNCCO)cc1.Cl.Cl. The Balaban J connectivity index is 0. The van der Waals surface area contributed by atoms with E-state index in [1.165, 1.54) is 11.3 Å². The largest absolute Gasteiger partial charge is 0.395 e. The van der Waals surface area contributed by atoms with Crippen LogP contribution in [0.25, 0.3) is 0 Å². The summed E-state index contributed by atoms with van der Waals surface area (Å²) in [5.41, 5.74) is 2.59. The molecule has 3 N–H and O–H groups in total. The summed E-state index contributed by atoms with van der Waals surface area (Å²) in [6, 6.07) is 8.74. The van der Waals surface area contributed by atoms with Crippen LogP contribution in [-0.2, 0) is 6.54 Å². The van der Waals surface area contributed by atoms with Crippen molar-refractivity contribution in [1.82, 2.24) is 10.6 Å². The molecule has 6 heteroatoms. The van der Waals surface area contributed by atoms with Crippen LogP contribution in [0, 0.1) is 0 Å². The van der Waals surface area contributed by atoms with Crippen LogP contribution < -0.4 is 15.5 Å². The Morgan fingerprint density at radius 3 is 2.00 bits per heavy atom. The first-order valence-electron chi connectivity index (χ1n) is 7.18. The molecule has 0 atom stereocenters. The van der Waals surface area contributed by atoms with Gasteiger partial charge in [-0.25, -0.2) is 0 Å². The quantitative estimate of drug-likeness (QED) is 0.572. The molecule has 0 amide bonds. The number of hydrogen-bond acceptors (Lipinski definition) is 4. The van der Waals surface area contributed by atoms with Crippen molar-refractivity contribution in [2.45, 2.75) is 20.4 Å². The second-order valence-electron chi connectivity index (χ2n) is 4.49. The lowest BCUT2D eigenvalue weighted by molar-refractivity contribution is 0.292. The van der Waals surface area contributed by atoms with E-state index in [0.717, 1.165) is 32.7 Å². The number of nitrogens with one attached hydrogen (secondary N) is 2. The van der Waals surface area contributed by atoms with E-state index in [1.54, 1.807) is 0 Å². The zero-order valence-electron chi connectivity index (χ0n) is 13.0. The summed E-state index contributed by atoms with van der Waals surface area (Å²) in [5.74, 6) is 0. The number of aliphatic hydroxyl groups is 1. The summed E-state index contributed by atoms with van der Waals surface area (Å²) in [6.45, 7) is 10.0. The first kappa shape index (κ1) is 22.8. The molecule has 0 saturated carbocycles.